The first-order valence-electron chi connectivity index (χ1n) is 6.88. The van der Waals surface area contributed by atoms with Gasteiger partial charge in [-0.05, 0) is 26.0 Å². The summed E-state index contributed by atoms with van der Waals surface area (Å²) in [6, 6.07) is 5.61. The van der Waals surface area contributed by atoms with Crippen molar-refractivity contribution in [3.63, 3.8) is 0 Å². The van der Waals surface area contributed by atoms with Gasteiger partial charge in [-0.25, -0.2) is 9.37 Å². The molecule has 0 amide bonds. The van der Waals surface area contributed by atoms with Gasteiger partial charge in [0.2, 0.25) is 0 Å². The highest BCUT2D eigenvalue weighted by atomic mass is 19.1. The molecular weight excluding hydrogens is 241 g/mol. The topological polar surface area (TPSA) is 29.9 Å². The van der Waals surface area contributed by atoms with Gasteiger partial charge in [-0.2, -0.15) is 0 Å². The number of hydrogen-bond donors (Lipinski definition) is 1. The lowest BCUT2D eigenvalue weighted by Crippen LogP contribution is -2.26. The van der Waals surface area contributed by atoms with Crippen molar-refractivity contribution in [1.29, 1.82) is 0 Å². The van der Waals surface area contributed by atoms with E-state index in [-0.39, 0.29) is 5.82 Å². The van der Waals surface area contributed by atoms with E-state index < -0.39 is 0 Å². The van der Waals surface area contributed by atoms with Gasteiger partial charge in [0.05, 0.1) is 11.0 Å². The van der Waals surface area contributed by atoms with Gasteiger partial charge in [-0.1, -0.05) is 13.8 Å². The zero-order valence-corrected chi connectivity index (χ0v) is 12.1. The van der Waals surface area contributed by atoms with Crippen molar-refractivity contribution in [1.82, 2.24) is 14.9 Å². The van der Waals surface area contributed by atoms with Crippen LogP contribution in [0.25, 0.3) is 11.0 Å². The zero-order chi connectivity index (χ0) is 14.0. The number of halogens is 1. The van der Waals surface area contributed by atoms with Crippen LogP contribution in [0.4, 0.5) is 4.39 Å². The monoisotopic (exact) mass is 263 g/mol. The molecule has 4 heteroatoms. The predicted octanol–water partition coefficient (Wildman–Crippen LogP) is 3.30. The van der Waals surface area contributed by atoms with E-state index in [1.54, 1.807) is 0 Å². The van der Waals surface area contributed by atoms with E-state index in [9.17, 15) is 4.39 Å². The fourth-order valence-corrected chi connectivity index (χ4v) is 2.35. The average Bonchev–Trinajstić information content (AvgIpc) is 2.65. The van der Waals surface area contributed by atoms with E-state index in [1.807, 2.05) is 6.07 Å². The third kappa shape index (κ3) is 3.13. The molecular formula is C15H22FN3. The molecule has 0 radical (unpaired) electrons. The van der Waals surface area contributed by atoms with E-state index in [0.29, 0.717) is 12.1 Å². The molecule has 1 heterocycles. The summed E-state index contributed by atoms with van der Waals surface area (Å²) >= 11 is 0. The molecule has 0 saturated carbocycles. The van der Waals surface area contributed by atoms with E-state index >= 15 is 0 Å². The number of benzene rings is 1. The number of rotatable bonds is 5. The van der Waals surface area contributed by atoms with Crippen LogP contribution in [0, 0.1) is 5.82 Å². The zero-order valence-electron chi connectivity index (χ0n) is 12.1. The molecule has 1 aromatic carbocycles. The highest BCUT2D eigenvalue weighted by Gasteiger charge is 2.13. The minimum Gasteiger partial charge on any atom is -0.325 e. The van der Waals surface area contributed by atoms with Gasteiger partial charge in [0.1, 0.15) is 11.6 Å². The summed E-state index contributed by atoms with van der Waals surface area (Å²) < 4.78 is 15.5. The molecule has 0 bridgehead atoms. The van der Waals surface area contributed by atoms with Crippen molar-refractivity contribution in [3.05, 3.63) is 29.8 Å². The molecule has 0 spiro atoms. The molecule has 2 aromatic rings. The van der Waals surface area contributed by atoms with Gasteiger partial charge in [0, 0.05) is 31.1 Å². The van der Waals surface area contributed by atoms with Crippen molar-refractivity contribution in [2.24, 2.45) is 0 Å². The third-order valence-electron chi connectivity index (χ3n) is 3.14. The molecule has 3 nitrogen and oxygen atoms in total. The number of nitrogens with one attached hydrogen (secondary N) is 1. The van der Waals surface area contributed by atoms with Gasteiger partial charge in [0.15, 0.2) is 0 Å². The Balaban J connectivity index is 2.33. The number of imidazole rings is 1. The lowest BCUT2D eigenvalue weighted by Gasteiger charge is -2.14. The molecule has 0 unspecified atom stereocenters. The molecule has 0 aliphatic carbocycles. The number of hydrogen-bond acceptors (Lipinski definition) is 2. The normalized spacial score (nSPS) is 11.9. The fourth-order valence-electron chi connectivity index (χ4n) is 2.35. The first-order valence-corrected chi connectivity index (χ1v) is 6.88. The van der Waals surface area contributed by atoms with Crippen molar-refractivity contribution in [2.75, 3.05) is 6.54 Å². The van der Waals surface area contributed by atoms with Crippen LogP contribution in [0.3, 0.4) is 0 Å². The Kier molecular flexibility index (Phi) is 4.20. The lowest BCUT2D eigenvalue weighted by atomic mass is 10.2. The Morgan fingerprint density at radius 1 is 1.26 bits per heavy atom. The summed E-state index contributed by atoms with van der Waals surface area (Å²) in [6.07, 6.45) is 0.854. The van der Waals surface area contributed by atoms with Crippen LogP contribution in [0.5, 0.6) is 0 Å². The standard InChI is InChI=1S/C15H22FN3/c1-10(2)17-8-7-15-18-13-9-12(16)5-6-14(13)19(15)11(3)4/h5-6,9-11,17H,7-8H2,1-4H3. The number of aromatic nitrogens is 2. The Bertz CT molecular complexity index is 558. The molecule has 2 rings (SSSR count). The predicted molar refractivity (Wildman–Crippen MR) is 76.9 cm³/mol. The van der Waals surface area contributed by atoms with E-state index in [2.05, 4.69) is 42.6 Å². The fraction of sp³-hybridized carbons (Fsp3) is 0.533. The van der Waals surface area contributed by atoms with E-state index in [1.165, 1.54) is 12.1 Å². The van der Waals surface area contributed by atoms with Gasteiger partial charge in [-0.3, -0.25) is 0 Å². The summed E-state index contributed by atoms with van der Waals surface area (Å²) in [5.74, 6) is 0.788. The van der Waals surface area contributed by atoms with Crippen molar-refractivity contribution < 1.29 is 4.39 Å². The van der Waals surface area contributed by atoms with Crippen LogP contribution in [0.15, 0.2) is 18.2 Å². The second kappa shape index (κ2) is 5.70. The minimum absolute atomic E-state index is 0.229. The Morgan fingerprint density at radius 3 is 2.63 bits per heavy atom. The minimum atomic E-state index is -0.229. The molecule has 0 atom stereocenters. The molecule has 1 aromatic heterocycles. The van der Waals surface area contributed by atoms with Gasteiger partial charge in [-0.15, -0.1) is 0 Å². The Morgan fingerprint density at radius 2 is 2.00 bits per heavy atom. The quantitative estimate of drug-likeness (QED) is 0.897. The molecule has 0 fully saturated rings. The van der Waals surface area contributed by atoms with E-state index in [0.717, 1.165) is 29.8 Å². The van der Waals surface area contributed by atoms with Crippen molar-refractivity contribution >= 4 is 11.0 Å². The maximum atomic E-state index is 13.3. The molecule has 19 heavy (non-hydrogen) atoms. The lowest BCUT2D eigenvalue weighted by molar-refractivity contribution is 0.546. The number of nitrogens with zero attached hydrogens (tertiary/aromatic N) is 2. The Hall–Kier alpha value is -1.42. The summed E-state index contributed by atoms with van der Waals surface area (Å²) in [7, 11) is 0. The second-order valence-electron chi connectivity index (χ2n) is 5.48. The van der Waals surface area contributed by atoms with Gasteiger partial charge < -0.3 is 9.88 Å². The molecule has 0 aliphatic rings. The Labute approximate surface area is 113 Å². The molecule has 0 saturated heterocycles. The molecule has 1 N–H and O–H groups in total. The van der Waals surface area contributed by atoms with Crippen LogP contribution < -0.4 is 5.32 Å². The van der Waals surface area contributed by atoms with Crippen LogP contribution in [-0.4, -0.2) is 22.1 Å². The summed E-state index contributed by atoms with van der Waals surface area (Å²) in [6.45, 7) is 9.39. The summed E-state index contributed by atoms with van der Waals surface area (Å²) in [5, 5.41) is 3.39. The van der Waals surface area contributed by atoms with Crippen molar-refractivity contribution in [2.45, 2.75) is 46.2 Å². The summed E-state index contributed by atoms with van der Waals surface area (Å²) in [5.41, 5.74) is 1.75. The van der Waals surface area contributed by atoms with Crippen LogP contribution in [0.1, 0.15) is 39.6 Å². The maximum Gasteiger partial charge on any atom is 0.125 e. The maximum absolute atomic E-state index is 13.3. The van der Waals surface area contributed by atoms with Crippen LogP contribution >= 0.6 is 0 Å². The first-order chi connectivity index (χ1) is 8.99. The van der Waals surface area contributed by atoms with Gasteiger partial charge >= 0.3 is 0 Å². The highest BCUT2D eigenvalue weighted by Crippen LogP contribution is 2.22. The van der Waals surface area contributed by atoms with Crippen LogP contribution in [-0.2, 0) is 6.42 Å². The largest absolute Gasteiger partial charge is 0.325 e. The SMILES string of the molecule is CC(C)NCCc1nc2cc(F)ccc2n1C(C)C. The van der Waals surface area contributed by atoms with E-state index in [4.69, 9.17) is 0 Å². The average molecular weight is 263 g/mol. The summed E-state index contributed by atoms with van der Waals surface area (Å²) in [4.78, 5) is 4.57. The highest BCUT2D eigenvalue weighted by molar-refractivity contribution is 5.76. The van der Waals surface area contributed by atoms with Gasteiger partial charge in [0.25, 0.3) is 0 Å². The first kappa shape index (κ1) is 14.0. The molecule has 0 aliphatic heterocycles. The molecule has 104 valence electrons. The van der Waals surface area contributed by atoms with Crippen LogP contribution in [0.2, 0.25) is 0 Å². The third-order valence-corrected chi connectivity index (χ3v) is 3.14. The second-order valence-corrected chi connectivity index (χ2v) is 5.48. The van der Waals surface area contributed by atoms with Crippen molar-refractivity contribution in [3.8, 4) is 0 Å². The smallest absolute Gasteiger partial charge is 0.125 e. The number of fused-ring (bicyclic) bond motifs is 1.